The minimum absolute atomic E-state index is 0.494. The summed E-state index contributed by atoms with van der Waals surface area (Å²) in [6, 6.07) is 7.59. The maximum atomic E-state index is 13.6. The van der Waals surface area contributed by atoms with E-state index >= 15 is 0 Å². The first-order chi connectivity index (χ1) is 10.4. The summed E-state index contributed by atoms with van der Waals surface area (Å²) in [6.07, 6.45) is 2.05. The average molecular weight is 369 g/mol. The fourth-order valence-electron chi connectivity index (χ4n) is 2.74. The van der Waals surface area contributed by atoms with Gasteiger partial charge in [-0.15, -0.1) is 0 Å². The van der Waals surface area contributed by atoms with Gasteiger partial charge in [-0.05, 0) is 79.8 Å². The van der Waals surface area contributed by atoms with Crippen LogP contribution in [0.1, 0.15) is 32.3 Å². The zero-order valence-corrected chi connectivity index (χ0v) is 14.7. The number of likely N-dealkylation sites (tertiary alicyclic amines) is 1. The van der Waals surface area contributed by atoms with Crippen molar-refractivity contribution in [3.05, 3.63) is 28.2 Å². The first-order valence-electron chi connectivity index (χ1n) is 7.61. The van der Waals surface area contributed by atoms with Crippen molar-refractivity contribution in [2.45, 2.75) is 32.4 Å². The number of nitrogens with zero attached hydrogens (tertiary/aromatic N) is 2. The van der Waals surface area contributed by atoms with Crippen LogP contribution in [0.5, 0.6) is 5.75 Å². The van der Waals surface area contributed by atoms with E-state index in [9.17, 15) is 4.39 Å². The molecule has 0 spiro atoms. The highest BCUT2D eigenvalue weighted by Crippen LogP contribution is 2.24. The van der Waals surface area contributed by atoms with Crippen molar-refractivity contribution in [1.29, 1.82) is 5.26 Å². The Morgan fingerprint density at radius 2 is 2.09 bits per heavy atom. The summed E-state index contributed by atoms with van der Waals surface area (Å²) in [7, 11) is 0. The summed E-state index contributed by atoms with van der Waals surface area (Å²) >= 11 is 3.33. The summed E-state index contributed by atoms with van der Waals surface area (Å²) in [5.74, 6) is 1.22. The molecule has 1 aliphatic heterocycles. The second kappa shape index (κ2) is 7.43. The standard InChI is InChI=1S/C17H22BrFN2O/c1-17(2,19)12-21-7-5-13(6-8-21)11-22-15-3-4-16(18)14(9-15)10-20/h3-4,9,13H,5-8,11-12H2,1-2H3. The third kappa shape index (κ3) is 5.26. The lowest BCUT2D eigenvalue weighted by Crippen LogP contribution is -2.41. The molecule has 0 bridgehead atoms. The summed E-state index contributed by atoms with van der Waals surface area (Å²) in [6.45, 7) is 6.25. The number of halogens is 2. The molecule has 0 radical (unpaired) electrons. The van der Waals surface area contributed by atoms with Crippen LogP contribution in [-0.4, -0.2) is 36.8 Å². The van der Waals surface area contributed by atoms with Crippen molar-refractivity contribution >= 4 is 15.9 Å². The molecule has 5 heteroatoms. The molecular formula is C17H22BrFN2O. The topological polar surface area (TPSA) is 36.3 Å². The molecule has 0 aliphatic carbocycles. The van der Waals surface area contributed by atoms with Crippen molar-refractivity contribution in [2.75, 3.05) is 26.2 Å². The molecule has 0 saturated carbocycles. The van der Waals surface area contributed by atoms with Gasteiger partial charge in [-0.1, -0.05) is 0 Å². The Morgan fingerprint density at radius 3 is 2.68 bits per heavy atom. The zero-order chi connectivity index (χ0) is 16.2. The van der Waals surface area contributed by atoms with Gasteiger partial charge in [0.05, 0.1) is 12.2 Å². The number of hydrogen-bond donors (Lipinski definition) is 0. The van der Waals surface area contributed by atoms with Crippen LogP contribution in [-0.2, 0) is 0 Å². The fourth-order valence-corrected chi connectivity index (χ4v) is 3.07. The summed E-state index contributed by atoms with van der Waals surface area (Å²) in [4.78, 5) is 2.18. The van der Waals surface area contributed by atoms with Crippen LogP contribution in [0.2, 0.25) is 0 Å². The molecule has 22 heavy (non-hydrogen) atoms. The number of hydrogen-bond acceptors (Lipinski definition) is 3. The maximum absolute atomic E-state index is 13.6. The van der Waals surface area contributed by atoms with Gasteiger partial charge in [-0.2, -0.15) is 5.26 Å². The third-order valence-corrected chi connectivity index (χ3v) is 4.54. The van der Waals surface area contributed by atoms with Gasteiger partial charge in [-0.25, -0.2) is 4.39 Å². The van der Waals surface area contributed by atoms with Crippen LogP contribution in [0.4, 0.5) is 4.39 Å². The van der Waals surface area contributed by atoms with Crippen molar-refractivity contribution in [3.63, 3.8) is 0 Å². The average Bonchev–Trinajstić information content (AvgIpc) is 2.46. The van der Waals surface area contributed by atoms with Gasteiger partial charge < -0.3 is 9.64 Å². The van der Waals surface area contributed by atoms with E-state index in [4.69, 9.17) is 10.00 Å². The van der Waals surface area contributed by atoms with Gasteiger partial charge in [0, 0.05) is 11.0 Å². The number of piperidine rings is 1. The number of nitriles is 1. The summed E-state index contributed by atoms with van der Waals surface area (Å²) < 4.78 is 20.2. The quantitative estimate of drug-likeness (QED) is 0.782. The Bertz CT molecular complexity index is 543. The molecular weight excluding hydrogens is 347 g/mol. The Hall–Kier alpha value is -1.12. The van der Waals surface area contributed by atoms with E-state index in [1.54, 1.807) is 19.9 Å². The fraction of sp³-hybridized carbons (Fsp3) is 0.588. The van der Waals surface area contributed by atoms with Gasteiger partial charge in [0.1, 0.15) is 17.5 Å². The molecule has 1 heterocycles. The first kappa shape index (κ1) is 17.2. The largest absolute Gasteiger partial charge is 0.493 e. The van der Waals surface area contributed by atoms with Crippen LogP contribution in [0.15, 0.2) is 22.7 Å². The summed E-state index contributed by atoms with van der Waals surface area (Å²) in [5, 5.41) is 9.01. The van der Waals surface area contributed by atoms with E-state index in [1.165, 1.54) is 0 Å². The van der Waals surface area contributed by atoms with E-state index in [1.807, 2.05) is 12.1 Å². The monoisotopic (exact) mass is 368 g/mol. The molecule has 0 amide bonds. The molecule has 1 aliphatic rings. The first-order valence-corrected chi connectivity index (χ1v) is 8.40. The molecule has 0 N–H and O–H groups in total. The van der Waals surface area contributed by atoms with Crippen molar-refractivity contribution in [1.82, 2.24) is 4.90 Å². The molecule has 0 unspecified atom stereocenters. The maximum Gasteiger partial charge on any atom is 0.120 e. The van der Waals surface area contributed by atoms with Crippen LogP contribution in [0.25, 0.3) is 0 Å². The Balaban J connectivity index is 1.79. The molecule has 1 aromatic rings. The van der Waals surface area contributed by atoms with E-state index in [-0.39, 0.29) is 0 Å². The Kier molecular flexibility index (Phi) is 5.82. The van der Waals surface area contributed by atoms with Crippen molar-refractivity contribution in [3.8, 4) is 11.8 Å². The van der Waals surface area contributed by atoms with Gasteiger partial charge in [0.25, 0.3) is 0 Å². The molecule has 0 atom stereocenters. The molecule has 3 nitrogen and oxygen atoms in total. The van der Waals surface area contributed by atoms with Gasteiger partial charge in [-0.3, -0.25) is 0 Å². The highest BCUT2D eigenvalue weighted by molar-refractivity contribution is 9.10. The van der Waals surface area contributed by atoms with Gasteiger partial charge >= 0.3 is 0 Å². The minimum atomic E-state index is -1.13. The predicted molar refractivity (Wildman–Crippen MR) is 88.7 cm³/mol. The zero-order valence-electron chi connectivity index (χ0n) is 13.1. The normalized spacial score (nSPS) is 17.2. The van der Waals surface area contributed by atoms with Crippen molar-refractivity contribution in [2.24, 2.45) is 5.92 Å². The smallest absolute Gasteiger partial charge is 0.120 e. The Morgan fingerprint density at radius 1 is 1.41 bits per heavy atom. The number of alkyl halides is 1. The highest BCUT2D eigenvalue weighted by atomic mass is 79.9. The number of benzene rings is 1. The second-order valence-electron chi connectivity index (χ2n) is 6.50. The predicted octanol–water partition coefficient (Wildman–Crippen LogP) is 4.16. The van der Waals surface area contributed by atoms with Gasteiger partial charge in [0.2, 0.25) is 0 Å². The Labute approximate surface area is 140 Å². The SMILES string of the molecule is CC(C)(F)CN1CCC(COc2ccc(Br)c(C#N)c2)CC1. The molecule has 1 aromatic carbocycles. The molecule has 1 fully saturated rings. The molecule has 0 aromatic heterocycles. The van der Waals surface area contributed by atoms with E-state index in [0.717, 1.165) is 36.2 Å². The van der Waals surface area contributed by atoms with Crippen LogP contribution in [0, 0.1) is 17.2 Å². The van der Waals surface area contributed by atoms with Crippen LogP contribution >= 0.6 is 15.9 Å². The number of rotatable bonds is 5. The molecule has 2 rings (SSSR count). The highest BCUT2D eigenvalue weighted by Gasteiger charge is 2.25. The molecule has 1 saturated heterocycles. The van der Waals surface area contributed by atoms with Crippen molar-refractivity contribution < 1.29 is 9.13 Å². The lowest BCUT2D eigenvalue weighted by atomic mass is 9.97. The van der Waals surface area contributed by atoms with Crippen LogP contribution < -0.4 is 4.74 Å². The second-order valence-corrected chi connectivity index (χ2v) is 7.36. The van der Waals surface area contributed by atoms with E-state index in [2.05, 4.69) is 26.9 Å². The lowest BCUT2D eigenvalue weighted by molar-refractivity contribution is 0.0836. The minimum Gasteiger partial charge on any atom is -0.493 e. The summed E-state index contributed by atoms with van der Waals surface area (Å²) in [5.41, 5.74) is -0.549. The van der Waals surface area contributed by atoms with E-state index in [0.29, 0.717) is 24.6 Å². The lowest BCUT2D eigenvalue weighted by Gasteiger charge is -2.34. The van der Waals surface area contributed by atoms with Crippen LogP contribution in [0.3, 0.4) is 0 Å². The number of ether oxygens (including phenoxy) is 1. The van der Waals surface area contributed by atoms with Gasteiger partial charge in [0.15, 0.2) is 0 Å². The molecule has 120 valence electrons. The van der Waals surface area contributed by atoms with E-state index < -0.39 is 5.67 Å². The third-order valence-electron chi connectivity index (χ3n) is 3.85.